The third-order valence-corrected chi connectivity index (χ3v) is 7.48. The number of ether oxygens (including phenoxy) is 1. The van der Waals surface area contributed by atoms with Crippen LogP contribution in [0.2, 0.25) is 0 Å². The summed E-state index contributed by atoms with van der Waals surface area (Å²) in [5.74, 6) is -1.76. The van der Waals surface area contributed by atoms with Gasteiger partial charge in [0.25, 0.3) is 0 Å². The smallest absolute Gasteiger partial charge is 0.249 e. The van der Waals surface area contributed by atoms with Gasteiger partial charge in [-0.25, -0.2) is 0 Å². The van der Waals surface area contributed by atoms with Gasteiger partial charge in [-0.2, -0.15) is 0 Å². The molecule has 1 spiro atoms. The molecule has 182 valence electrons. The average Bonchev–Trinajstić information content (AvgIpc) is 3.06. The quantitative estimate of drug-likeness (QED) is 0.478. The van der Waals surface area contributed by atoms with E-state index in [0.29, 0.717) is 19.6 Å². The van der Waals surface area contributed by atoms with Gasteiger partial charge in [0.15, 0.2) is 0 Å². The Morgan fingerprint density at radius 2 is 1.76 bits per heavy atom. The second kappa shape index (κ2) is 8.87. The Bertz CT molecular complexity index is 863. The lowest BCUT2D eigenvalue weighted by Crippen LogP contribution is -2.58. The molecule has 0 radical (unpaired) electrons. The molecule has 1 unspecified atom stereocenters. The van der Waals surface area contributed by atoms with Crippen molar-refractivity contribution in [2.45, 2.75) is 69.7 Å². The van der Waals surface area contributed by atoms with Crippen LogP contribution < -0.4 is 0 Å². The molecule has 1 N–H and O–H groups in total. The molecular formula is C25H37N3O5. The molecule has 0 aromatic carbocycles. The summed E-state index contributed by atoms with van der Waals surface area (Å²) in [6.45, 7) is 7.48. The Balaban J connectivity index is 1.73. The number of rotatable bonds is 6. The van der Waals surface area contributed by atoms with Gasteiger partial charge in [-0.3, -0.25) is 14.4 Å². The van der Waals surface area contributed by atoms with Gasteiger partial charge in [-0.1, -0.05) is 37.1 Å². The minimum Gasteiger partial charge on any atom is -0.396 e. The van der Waals surface area contributed by atoms with E-state index in [9.17, 15) is 14.4 Å². The van der Waals surface area contributed by atoms with Gasteiger partial charge in [0.2, 0.25) is 17.7 Å². The van der Waals surface area contributed by atoms with Gasteiger partial charge in [0, 0.05) is 38.8 Å². The Hall–Kier alpha value is -2.19. The SMILES string of the molecule is CN1CC=C[C@H]2O[C@]34C=CCN(C(C)(C)C)C(=O)C3N(CCCCCCO)C(=O)[C@@H]4[C@H]2C1=O. The van der Waals surface area contributed by atoms with Crippen LogP contribution in [0, 0.1) is 11.8 Å². The number of carbonyl (C=O) groups is 3. The topological polar surface area (TPSA) is 90.4 Å². The Labute approximate surface area is 196 Å². The fourth-order valence-corrected chi connectivity index (χ4v) is 5.85. The molecule has 0 saturated carbocycles. The van der Waals surface area contributed by atoms with E-state index >= 15 is 0 Å². The van der Waals surface area contributed by atoms with Gasteiger partial charge in [0.05, 0.1) is 17.9 Å². The van der Waals surface area contributed by atoms with E-state index in [2.05, 4.69) is 0 Å². The van der Waals surface area contributed by atoms with Crippen molar-refractivity contribution in [1.82, 2.24) is 14.7 Å². The molecule has 0 aromatic rings. The van der Waals surface area contributed by atoms with Crippen molar-refractivity contribution in [2.24, 2.45) is 11.8 Å². The van der Waals surface area contributed by atoms with Crippen LogP contribution in [-0.4, -0.2) is 94.1 Å². The lowest BCUT2D eigenvalue weighted by Gasteiger charge is -2.40. The van der Waals surface area contributed by atoms with Crippen molar-refractivity contribution in [1.29, 1.82) is 0 Å². The predicted octanol–water partition coefficient (Wildman–Crippen LogP) is 1.34. The Morgan fingerprint density at radius 1 is 1.03 bits per heavy atom. The van der Waals surface area contributed by atoms with Crippen molar-refractivity contribution in [3.05, 3.63) is 24.3 Å². The first-order valence-electron chi connectivity index (χ1n) is 12.1. The highest BCUT2D eigenvalue weighted by Crippen LogP contribution is 2.53. The van der Waals surface area contributed by atoms with Gasteiger partial charge >= 0.3 is 0 Å². The van der Waals surface area contributed by atoms with Gasteiger partial charge in [-0.05, 0) is 33.6 Å². The summed E-state index contributed by atoms with van der Waals surface area (Å²) in [4.78, 5) is 46.3. The Kier molecular flexibility index (Phi) is 6.44. The molecule has 0 aromatic heterocycles. The van der Waals surface area contributed by atoms with Gasteiger partial charge in [0.1, 0.15) is 11.6 Å². The van der Waals surface area contributed by atoms with Crippen LogP contribution in [0.25, 0.3) is 0 Å². The zero-order valence-corrected chi connectivity index (χ0v) is 20.2. The molecule has 8 heteroatoms. The maximum atomic E-state index is 14.0. The van der Waals surface area contributed by atoms with Crippen LogP contribution in [0.1, 0.15) is 46.5 Å². The van der Waals surface area contributed by atoms with E-state index in [-0.39, 0.29) is 24.3 Å². The van der Waals surface area contributed by atoms with Crippen molar-refractivity contribution in [3.8, 4) is 0 Å². The fraction of sp³-hybridized carbons (Fsp3) is 0.720. The number of carbonyl (C=O) groups excluding carboxylic acids is 3. The highest BCUT2D eigenvalue weighted by atomic mass is 16.5. The van der Waals surface area contributed by atoms with E-state index in [0.717, 1.165) is 25.7 Å². The molecule has 4 rings (SSSR count). The van der Waals surface area contributed by atoms with Crippen molar-refractivity contribution >= 4 is 17.7 Å². The monoisotopic (exact) mass is 459 g/mol. The standard InChI is InChI=1S/C25H37N3O5/c1-24(2,3)28-15-10-12-25-19(18-17(33-25)11-9-13-26(4)21(18)30)22(31)27(20(25)23(28)32)14-7-5-6-8-16-29/h9-12,17-20,29H,5-8,13-16H2,1-4H3/t17-,18+,19+,20?,25+/m1/s1. The number of likely N-dealkylation sites (N-methyl/N-ethyl adjacent to an activating group) is 1. The molecule has 4 heterocycles. The molecule has 0 aliphatic carbocycles. The third-order valence-electron chi connectivity index (χ3n) is 7.48. The molecule has 33 heavy (non-hydrogen) atoms. The molecule has 0 bridgehead atoms. The number of likely N-dealkylation sites (tertiary alicyclic amines) is 1. The van der Waals surface area contributed by atoms with Crippen LogP contribution in [0.5, 0.6) is 0 Å². The van der Waals surface area contributed by atoms with E-state index in [1.165, 1.54) is 0 Å². The summed E-state index contributed by atoms with van der Waals surface area (Å²) in [6, 6.07) is -0.788. The van der Waals surface area contributed by atoms with E-state index in [1.54, 1.807) is 21.7 Å². The second-order valence-electron chi connectivity index (χ2n) is 10.7. The van der Waals surface area contributed by atoms with E-state index in [1.807, 2.05) is 45.1 Å². The van der Waals surface area contributed by atoms with Crippen LogP contribution in [-0.2, 0) is 19.1 Å². The number of aliphatic hydroxyl groups excluding tert-OH is 1. The lowest BCUT2D eigenvalue weighted by atomic mass is 9.77. The first kappa shape index (κ1) is 24.0. The number of fused-ring (bicyclic) bond motifs is 2. The molecular weight excluding hydrogens is 422 g/mol. The first-order valence-corrected chi connectivity index (χ1v) is 12.1. The first-order chi connectivity index (χ1) is 15.6. The number of unbranched alkanes of at least 4 members (excludes halogenated alkanes) is 3. The third kappa shape index (κ3) is 3.91. The second-order valence-corrected chi connectivity index (χ2v) is 10.7. The van der Waals surface area contributed by atoms with Crippen LogP contribution in [0.4, 0.5) is 0 Å². The minimum atomic E-state index is -1.15. The van der Waals surface area contributed by atoms with Crippen LogP contribution in [0.15, 0.2) is 24.3 Å². The van der Waals surface area contributed by atoms with Crippen LogP contribution in [0.3, 0.4) is 0 Å². The highest BCUT2D eigenvalue weighted by Gasteiger charge is 2.71. The molecule has 8 nitrogen and oxygen atoms in total. The number of aliphatic hydroxyl groups is 1. The molecule has 3 amide bonds. The number of hydrogen-bond acceptors (Lipinski definition) is 5. The number of nitrogens with zero attached hydrogens (tertiary/aromatic N) is 3. The number of hydrogen-bond donors (Lipinski definition) is 1. The Morgan fingerprint density at radius 3 is 2.45 bits per heavy atom. The lowest BCUT2D eigenvalue weighted by molar-refractivity contribution is -0.151. The van der Waals surface area contributed by atoms with Crippen molar-refractivity contribution < 1.29 is 24.2 Å². The largest absolute Gasteiger partial charge is 0.396 e. The van der Waals surface area contributed by atoms with E-state index in [4.69, 9.17) is 9.84 Å². The van der Waals surface area contributed by atoms with E-state index < -0.39 is 35.1 Å². The minimum absolute atomic E-state index is 0.110. The maximum absolute atomic E-state index is 14.0. The highest BCUT2D eigenvalue weighted by molar-refractivity contribution is 5.99. The van der Waals surface area contributed by atoms with Gasteiger partial charge < -0.3 is 24.5 Å². The van der Waals surface area contributed by atoms with Gasteiger partial charge in [-0.15, -0.1) is 0 Å². The summed E-state index contributed by atoms with van der Waals surface area (Å²) in [6.07, 6.45) is 10.3. The summed E-state index contributed by atoms with van der Waals surface area (Å²) in [7, 11) is 1.74. The van der Waals surface area contributed by atoms with Crippen LogP contribution >= 0.6 is 0 Å². The molecule has 2 fully saturated rings. The molecule has 4 aliphatic rings. The number of amides is 3. The fourth-order valence-electron chi connectivity index (χ4n) is 5.85. The molecule has 2 saturated heterocycles. The molecule has 4 aliphatic heterocycles. The van der Waals surface area contributed by atoms with Crippen molar-refractivity contribution in [2.75, 3.05) is 33.3 Å². The summed E-state index contributed by atoms with van der Waals surface area (Å²) in [5, 5.41) is 9.05. The zero-order valence-electron chi connectivity index (χ0n) is 20.2. The average molecular weight is 460 g/mol. The predicted molar refractivity (Wildman–Crippen MR) is 123 cm³/mol. The summed E-state index contributed by atoms with van der Waals surface area (Å²) >= 11 is 0. The summed E-state index contributed by atoms with van der Waals surface area (Å²) in [5.41, 5.74) is -1.56. The van der Waals surface area contributed by atoms with Crippen molar-refractivity contribution in [3.63, 3.8) is 0 Å². The molecule has 5 atom stereocenters. The summed E-state index contributed by atoms with van der Waals surface area (Å²) < 4.78 is 6.57. The normalized spacial score (nSPS) is 33.8. The zero-order chi connectivity index (χ0) is 24.0. The maximum Gasteiger partial charge on any atom is 0.249 e.